The van der Waals surface area contributed by atoms with Crippen LogP contribution in [0.3, 0.4) is 0 Å². The second-order valence-corrected chi connectivity index (χ2v) is 11.9. The second kappa shape index (κ2) is 10.1. The Bertz CT molecular complexity index is 1050. The Morgan fingerprint density at radius 3 is 2.65 bits per heavy atom. The summed E-state index contributed by atoms with van der Waals surface area (Å²) in [4.78, 5) is 23.7. The van der Waals surface area contributed by atoms with E-state index < -0.39 is 18.5 Å². The standard InChI is InChI=1S/C22H39N6O5P/c1-7-21(5,33-34(30,31)22(29,8-2)11-14(3)4)12-15-9-10-16(32-15)28-13-25-17-18(24-6)26-20(23)27-19(17)28/h13-16,29H,7-12H2,1-6H3,(H,30,31)(H3,23,24,26,27). The van der Waals surface area contributed by atoms with Gasteiger partial charge in [-0.05, 0) is 44.9 Å². The first-order chi connectivity index (χ1) is 15.9. The van der Waals surface area contributed by atoms with E-state index in [-0.39, 0.29) is 37.0 Å². The fraction of sp³-hybridized carbons (Fsp3) is 0.773. The van der Waals surface area contributed by atoms with Gasteiger partial charge in [-0.3, -0.25) is 9.13 Å². The molecule has 3 heterocycles. The van der Waals surface area contributed by atoms with Gasteiger partial charge in [0, 0.05) is 13.5 Å². The fourth-order valence-corrected chi connectivity index (χ4v) is 6.55. The van der Waals surface area contributed by atoms with E-state index in [1.807, 2.05) is 25.3 Å². The molecule has 0 radical (unpaired) electrons. The highest BCUT2D eigenvalue weighted by atomic mass is 31.2. The summed E-state index contributed by atoms with van der Waals surface area (Å²) >= 11 is 0. The number of ether oxygens (including phenoxy) is 1. The van der Waals surface area contributed by atoms with E-state index in [0.29, 0.717) is 29.8 Å². The van der Waals surface area contributed by atoms with Crippen LogP contribution in [-0.4, -0.2) is 53.6 Å². The molecule has 11 nitrogen and oxygen atoms in total. The molecule has 1 saturated heterocycles. The number of anilines is 2. The average molecular weight is 499 g/mol. The lowest BCUT2D eigenvalue weighted by Crippen LogP contribution is -2.38. The molecule has 1 aliphatic heterocycles. The van der Waals surface area contributed by atoms with Crippen LogP contribution in [0.25, 0.3) is 11.2 Å². The van der Waals surface area contributed by atoms with Gasteiger partial charge in [-0.1, -0.05) is 27.7 Å². The van der Waals surface area contributed by atoms with Crippen LogP contribution in [-0.2, 0) is 13.8 Å². The van der Waals surface area contributed by atoms with Crippen molar-refractivity contribution in [2.45, 2.75) is 96.4 Å². The number of rotatable bonds is 11. The molecule has 2 aromatic rings. The van der Waals surface area contributed by atoms with Crippen molar-refractivity contribution >= 4 is 30.5 Å². The van der Waals surface area contributed by atoms with Crippen LogP contribution in [0.5, 0.6) is 0 Å². The number of nitrogens with zero attached hydrogens (tertiary/aromatic N) is 4. The van der Waals surface area contributed by atoms with Crippen LogP contribution in [0.2, 0.25) is 0 Å². The maximum absolute atomic E-state index is 13.2. The minimum absolute atomic E-state index is 0.0482. The zero-order valence-corrected chi connectivity index (χ0v) is 21.9. The van der Waals surface area contributed by atoms with Gasteiger partial charge >= 0.3 is 7.60 Å². The fourth-order valence-electron chi connectivity index (χ4n) is 4.58. The van der Waals surface area contributed by atoms with Crippen LogP contribution < -0.4 is 11.1 Å². The lowest BCUT2D eigenvalue weighted by Gasteiger charge is -2.39. The first-order valence-corrected chi connectivity index (χ1v) is 13.5. The third-order valence-electron chi connectivity index (χ3n) is 6.65. The predicted octanol–water partition coefficient (Wildman–Crippen LogP) is 4.03. The molecule has 192 valence electrons. The third kappa shape index (κ3) is 5.39. The maximum Gasteiger partial charge on any atom is 0.359 e. The zero-order valence-electron chi connectivity index (χ0n) is 21.0. The number of nitrogens with one attached hydrogen (secondary N) is 1. The van der Waals surface area contributed by atoms with E-state index in [1.165, 1.54) is 0 Å². The van der Waals surface area contributed by atoms with Crippen molar-refractivity contribution in [3.8, 4) is 0 Å². The first-order valence-electron chi connectivity index (χ1n) is 12.0. The summed E-state index contributed by atoms with van der Waals surface area (Å²) in [6, 6.07) is 0. The van der Waals surface area contributed by atoms with Crippen molar-refractivity contribution in [1.82, 2.24) is 19.5 Å². The molecule has 0 aliphatic carbocycles. The number of imidazole rings is 1. The van der Waals surface area contributed by atoms with Gasteiger partial charge in [0.2, 0.25) is 5.95 Å². The molecule has 34 heavy (non-hydrogen) atoms. The molecule has 5 N–H and O–H groups in total. The Balaban J connectivity index is 1.75. The summed E-state index contributed by atoms with van der Waals surface area (Å²) in [7, 11) is -2.58. The van der Waals surface area contributed by atoms with Crippen molar-refractivity contribution < 1.29 is 23.8 Å². The van der Waals surface area contributed by atoms with Gasteiger partial charge in [-0.15, -0.1) is 0 Å². The van der Waals surface area contributed by atoms with Crippen LogP contribution in [0.4, 0.5) is 11.8 Å². The van der Waals surface area contributed by atoms with Crippen LogP contribution in [0, 0.1) is 5.92 Å². The van der Waals surface area contributed by atoms with Gasteiger partial charge < -0.3 is 30.3 Å². The molecule has 0 saturated carbocycles. The monoisotopic (exact) mass is 498 g/mol. The van der Waals surface area contributed by atoms with E-state index in [4.69, 9.17) is 15.0 Å². The van der Waals surface area contributed by atoms with Crippen LogP contribution >= 0.6 is 7.60 Å². The largest absolute Gasteiger partial charge is 0.377 e. The molecule has 3 rings (SSSR count). The second-order valence-electron chi connectivity index (χ2n) is 9.85. The van der Waals surface area contributed by atoms with E-state index in [2.05, 4.69) is 20.3 Å². The molecule has 0 spiro atoms. The van der Waals surface area contributed by atoms with Crippen molar-refractivity contribution in [2.75, 3.05) is 18.1 Å². The molecule has 1 fully saturated rings. The molecule has 0 amide bonds. The highest BCUT2D eigenvalue weighted by molar-refractivity contribution is 7.54. The SMILES string of the molecule is CCC(C)(CC1CCC(n2cnc3c(NC)nc(N)nc32)O1)OP(=O)(O)C(O)(CC)CC(C)C. The molecule has 0 aromatic carbocycles. The molecule has 5 unspecified atom stereocenters. The van der Waals surface area contributed by atoms with Crippen LogP contribution in [0.1, 0.15) is 79.4 Å². The molecule has 0 bridgehead atoms. The lowest BCUT2D eigenvalue weighted by molar-refractivity contribution is -0.0501. The Morgan fingerprint density at radius 2 is 2.06 bits per heavy atom. The molecule has 2 aromatic heterocycles. The predicted molar refractivity (Wildman–Crippen MR) is 131 cm³/mol. The highest BCUT2D eigenvalue weighted by Gasteiger charge is 2.50. The Labute approximate surface area is 201 Å². The smallest absolute Gasteiger partial charge is 0.359 e. The van der Waals surface area contributed by atoms with E-state index >= 15 is 0 Å². The summed E-state index contributed by atoms with van der Waals surface area (Å²) in [6.45, 7) is 9.22. The number of fused-ring (bicyclic) bond motifs is 1. The van der Waals surface area contributed by atoms with Gasteiger partial charge in [-0.25, -0.2) is 4.98 Å². The molecule has 12 heteroatoms. The molecular formula is C22H39N6O5P. The lowest BCUT2D eigenvalue weighted by atomic mass is 9.94. The van der Waals surface area contributed by atoms with Crippen molar-refractivity contribution in [3.63, 3.8) is 0 Å². The Morgan fingerprint density at radius 1 is 1.35 bits per heavy atom. The summed E-state index contributed by atoms with van der Waals surface area (Å²) in [5.74, 6) is 0.738. The van der Waals surface area contributed by atoms with Gasteiger partial charge in [-0.2, -0.15) is 9.97 Å². The van der Waals surface area contributed by atoms with Crippen molar-refractivity contribution in [3.05, 3.63) is 6.33 Å². The quantitative estimate of drug-likeness (QED) is 0.333. The number of hydrogen-bond donors (Lipinski definition) is 4. The van der Waals surface area contributed by atoms with Gasteiger partial charge in [0.25, 0.3) is 0 Å². The van der Waals surface area contributed by atoms with Crippen LogP contribution in [0.15, 0.2) is 6.33 Å². The number of nitrogens with two attached hydrogens (primary N) is 1. The summed E-state index contributed by atoms with van der Waals surface area (Å²) < 4.78 is 27.2. The number of hydrogen-bond acceptors (Lipinski definition) is 9. The zero-order chi connectivity index (χ0) is 25.3. The first kappa shape index (κ1) is 26.8. The molecule has 5 atom stereocenters. The number of aliphatic hydroxyl groups is 1. The third-order valence-corrected chi connectivity index (χ3v) is 8.89. The van der Waals surface area contributed by atoms with E-state index in [1.54, 1.807) is 27.2 Å². The van der Waals surface area contributed by atoms with E-state index in [9.17, 15) is 14.6 Å². The van der Waals surface area contributed by atoms with Crippen molar-refractivity contribution in [1.29, 1.82) is 0 Å². The normalized spacial score (nSPS) is 24.1. The molecule has 1 aliphatic rings. The molecular weight excluding hydrogens is 459 g/mol. The van der Waals surface area contributed by atoms with Gasteiger partial charge in [0.15, 0.2) is 22.3 Å². The topological polar surface area (TPSA) is 158 Å². The number of aromatic nitrogens is 4. The minimum Gasteiger partial charge on any atom is -0.377 e. The summed E-state index contributed by atoms with van der Waals surface area (Å²) in [6.07, 6.45) is 3.85. The van der Waals surface area contributed by atoms with Gasteiger partial charge in [0.05, 0.1) is 18.0 Å². The maximum atomic E-state index is 13.2. The number of nitrogen functional groups attached to an aromatic ring is 1. The Kier molecular flexibility index (Phi) is 7.94. The minimum atomic E-state index is -4.33. The van der Waals surface area contributed by atoms with E-state index in [0.717, 1.165) is 12.8 Å². The Hall–Kier alpha value is -1.78. The van der Waals surface area contributed by atoms with Crippen molar-refractivity contribution in [2.24, 2.45) is 5.92 Å². The van der Waals surface area contributed by atoms with Gasteiger partial charge in [0.1, 0.15) is 6.23 Å². The highest BCUT2D eigenvalue weighted by Crippen LogP contribution is 2.61. The summed E-state index contributed by atoms with van der Waals surface area (Å²) in [5, 5.41) is 12.2. The average Bonchev–Trinajstić information content (AvgIpc) is 3.38. The summed E-state index contributed by atoms with van der Waals surface area (Å²) in [5.41, 5.74) is 6.11.